The molecule has 0 unspecified atom stereocenters. The summed E-state index contributed by atoms with van der Waals surface area (Å²) in [7, 11) is 1.78. The van der Waals surface area contributed by atoms with Crippen molar-refractivity contribution in [3.8, 4) is 5.82 Å². The Bertz CT molecular complexity index is 1510. The zero-order valence-electron chi connectivity index (χ0n) is 24.0. The molecule has 0 amide bonds. The van der Waals surface area contributed by atoms with Gasteiger partial charge in [0.25, 0.3) is 0 Å². The number of unbranched alkanes of at least 4 members (excludes halogenated alkanes) is 3. The van der Waals surface area contributed by atoms with Gasteiger partial charge in [0.05, 0.1) is 17.0 Å². The third-order valence-electron chi connectivity index (χ3n) is 7.14. The van der Waals surface area contributed by atoms with Crippen molar-refractivity contribution in [2.45, 2.75) is 71.9 Å². The average Bonchev–Trinajstić information content (AvgIpc) is 3.32. The minimum atomic E-state index is -4.51. The second-order valence-corrected chi connectivity index (χ2v) is 10.5. The number of aromatic nitrogens is 4. The van der Waals surface area contributed by atoms with Crippen molar-refractivity contribution in [3.05, 3.63) is 99.6 Å². The highest BCUT2D eigenvalue weighted by molar-refractivity contribution is 5.98. The molecule has 216 valence electrons. The number of hydrogen-bond donors (Lipinski definition) is 1. The van der Waals surface area contributed by atoms with Gasteiger partial charge in [0, 0.05) is 31.5 Å². The zero-order valence-corrected chi connectivity index (χ0v) is 24.0. The monoisotopic (exact) mass is 563 g/mol. The van der Waals surface area contributed by atoms with Crippen LogP contribution in [0.2, 0.25) is 0 Å². The minimum Gasteiger partial charge on any atom is -0.373 e. The summed E-state index contributed by atoms with van der Waals surface area (Å²) in [6.45, 7) is 6.00. The summed E-state index contributed by atoms with van der Waals surface area (Å²) >= 11 is 0. The molecular weight excluding hydrogens is 527 g/mol. The molecule has 2 aromatic carbocycles. The predicted molar refractivity (Wildman–Crippen MR) is 155 cm³/mol. The molecular formula is C32H36F3N5O. The molecule has 6 nitrogen and oxygen atoms in total. The Kier molecular flexibility index (Phi) is 9.57. The molecule has 0 bridgehead atoms. The second kappa shape index (κ2) is 13.1. The number of rotatable bonds is 12. The maximum absolute atomic E-state index is 13.7. The van der Waals surface area contributed by atoms with Gasteiger partial charge < -0.3 is 5.32 Å². The van der Waals surface area contributed by atoms with Gasteiger partial charge in [-0.25, -0.2) is 14.6 Å². The lowest BCUT2D eigenvalue weighted by atomic mass is 9.94. The highest BCUT2D eigenvalue weighted by Gasteiger charge is 2.31. The summed E-state index contributed by atoms with van der Waals surface area (Å²) in [6, 6.07) is 13.3. The maximum Gasteiger partial charge on any atom is 0.416 e. The Balaban J connectivity index is 1.57. The lowest BCUT2D eigenvalue weighted by molar-refractivity contribution is -0.137. The second-order valence-electron chi connectivity index (χ2n) is 10.5. The number of anilines is 1. The van der Waals surface area contributed by atoms with E-state index in [0.717, 1.165) is 59.8 Å². The van der Waals surface area contributed by atoms with Crippen molar-refractivity contribution in [1.29, 1.82) is 0 Å². The van der Waals surface area contributed by atoms with Crippen molar-refractivity contribution in [2.75, 3.05) is 12.4 Å². The van der Waals surface area contributed by atoms with Gasteiger partial charge >= 0.3 is 6.18 Å². The molecule has 0 atom stereocenters. The van der Waals surface area contributed by atoms with Crippen LogP contribution in [0.3, 0.4) is 0 Å². The molecule has 0 spiro atoms. The molecule has 4 rings (SSSR count). The van der Waals surface area contributed by atoms with Crippen LogP contribution in [0.4, 0.5) is 19.0 Å². The number of halogens is 3. The Labute approximate surface area is 239 Å². The smallest absolute Gasteiger partial charge is 0.373 e. The normalized spacial score (nSPS) is 11.6. The number of nitrogens with zero attached hydrogens (tertiary/aromatic N) is 4. The Morgan fingerprint density at radius 1 is 0.951 bits per heavy atom. The van der Waals surface area contributed by atoms with Gasteiger partial charge in [0.15, 0.2) is 11.6 Å². The van der Waals surface area contributed by atoms with Crippen LogP contribution in [0.5, 0.6) is 0 Å². The van der Waals surface area contributed by atoms with Crippen molar-refractivity contribution in [2.24, 2.45) is 0 Å². The van der Waals surface area contributed by atoms with Gasteiger partial charge in [-0.05, 0) is 73.2 Å². The fraction of sp³-hybridized carbons (Fsp3) is 0.375. The molecule has 0 fully saturated rings. The van der Waals surface area contributed by atoms with Gasteiger partial charge in [-0.1, -0.05) is 44.4 Å². The van der Waals surface area contributed by atoms with Crippen molar-refractivity contribution >= 4 is 11.6 Å². The third kappa shape index (κ3) is 7.80. The number of carbonyl (C=O) groups is 1. The van der Waals surface area contributed by atoms with E-state index in [9.17, 15) is 18.0 Å². The van der Waals surface area contributed by atoms with Gasteiger partial charge in [0.1, 0.15) is 12.1 Å². The molecule has 1 N–H and O–H groups in total. The van der Waals surface area contributed by atoms with Crippen LogP contribution < -0.4 is 5.32 Å². The number of alkyl halides is 3. The summed E-state index contributed by atoms with van der Waals surface area (Å²) < 4.78 is 42.7. The standard InChI is InChI=1S/C32H36F3N5O/c1-5-6-7-8-9-23-14-26(17-27(15-23)32(33,34)35)29(41)16-24-11-10-21(2)25(13-24)18-28-12-22(3)39-40(28)31-19-30(36-4)37-20-38-31/h10-15,17,19-20H,5-9,16,18H2,1-4H3,(H,36,37,38). The minimum absolute atomic E-state index is 0.0135. The van der Waals surface area contributed by atoms with E-state index in [0.29, 0.717) is 30.0 Å². The maximum atomic E-state index is 13.7. The van der Waals surface area contributed by atoms with E-state index >= 15 is 0 Å². The summed E-state index contributed by atoms with van der Waals surface area (Å²) in [5, 5.41) is 7.62. The van der Waals surface area contributed by atoms with Crippen LogP contribution in [-0.4, -0.2) is 32.6 Å². The predicted octanol–water partition coefficient (Wildman–Crippen LogP) is 7.48. The molecule has 0 aliphatic rings. The van der Waals surface area contributed by atoms with Crippen LogP contribution in [0.25, 0.3) is 5.82 Å². The van der Waals surface area contributed by atoms with E-state index in [1.807, 2.05) is 44.2 Å². The average molecular weight is 564 g/mol. The fourth-order valence-electron chi connectivity index (χ4n) is 4.90. The number of aryl methyl sites for hydroxylation is 3. The fourth-order valence-corrected chi connectivity index (χ4v) is 4.90. The molecule has 41 heavy (non-hydrogen) atoms. The van der Waals surface area contributed by atoms with E-state index in [2.05, 4.69) is 27.3 Å². The van der Waals surface area contributed by atoms with Crippen molar-refractivity contribution in [3.63, 3.8) is 0 Å². The molecule has 0 saturated carbocycles. The first-order valence-corrected chi connectivity index (χ1v) is 14.0. The van der Waals surface area contributed by atoms with E-state index in [4.69, 9.17) is 0 Å². The molecule has 0 saturated heterocycles. The third-order valence-corrected chi connectivity index (χ3v) is 7.14. The summed E-state index contributed by atoms with van der Waals surface area (Å²) in [6.07, 6.45) is 1.88. The van der Waals surface area contributed by atoms with Crippen molar-refractivity contribution in [1.82, 2.24) is 19.7 Å². The molecule has 0 aliphatic carbocycles. The van der Waals surface area contributed by atoms with Gasteiger partial charge in [-0.2, -0.15) is 18.3 Å². The lowest BCUT2D eigenvalue weighted by Gasteiger charge is -2.13. The van der Waals surface area contributed by atoms with Crippen LogP contribution in [0.15, 0.2) is 54.9 Å². The molecule has 0 aliphatic heterocycles. The summed E-state index contributed by atoms with van der Waals surface area (Å²) in [4.78, 5) is 21.8. The first-order chi connectivity index (χ1) is 19.6. The van der Waals surface area contributed by atoms with Gasteiger partial charge in [0.2, 0.25) is 0 Å². The molecule has 0 radical (unpaired) electrons. The van der Waals surface area contributed by atoms with Gasteiger partial charge in [-0.3, -0.25) is 4.79 Å². The first kappa shape index (κ1) is 30.0. The molecule has 4 aromatic rings. The van der Waals surface area contributed by atoms with Crippen molar-refractivity contribution < 1.29 is 18.0 Å². The number of hydrogen-bond acceptors (Lipinski definition) is 5. The van der Waals surface area contributed by atoms with Gasteiger partial charge in [-0.15, -0.1) is 0 Å². The Hall–Kier alpha value is -4.01. The number of benzene rings is 2. The number of nitrogens with one attached hydrogen (secondary N) is 1. The highest BCUT2D eigenvalue weighted by atomic mass is 19.4. The van der Waals surface area contributed by atoms with Crippen LogP contribution in [-0.2, 0) is 25.4 Å². The van der Waals surface area contributed by atoms with Crippen LogP contribution >= 0.6 is 0 Å². The lowest BCUT2D eigenvalue weighted by Crippen LogP contribution is -2.11. The van der Waals surface area contributed by atoms with Crippen LogP contribution in [0.1, 0.15) is 82.2 Å². The Morgan fingerprint density at radius 2 is 1.76 bits per heavy atom. The first-order valence-electron chi connectivity index (χ1n) is 14.0. The molecule has 2 heterocycles. The van der Waals surface area contributed by atoms with Crippen LogP contribution in [0, 0.1) is 13.8 Å². The quantitative estimate of drug-likeness (QED) is 0.143. The Morgan fingerprint density at radius 3 is 2.49 bits per heavy atom. The zero-order chi connectivity index (χ0) is 29.6. The number of Topliss-reactive ketones (excluding diaryl/α,β-unsaturated/α-hetero) is 1. The molecule has 2 aromatic heterocycles. The SMILES string of the molecule is CCCCCCc1cc(C(=O)Cc2ccc(C)c(Cc3cc(C)nn3-c3cc(NC)ncn3)c2)cc(C(F)(F)F)c1. The number of carbonyl (C=O) groups excluding carboxylic acids is 1. The largest absolute Gasteiger partial charge is 0.416 e. The van der Waals surface area contributed by atoms with E-state index in [1.54, 1.807) is 17.8 Å². The highest BCUT2D eigenvalue weighted by Crippen LogP contribution is 2.31. The molecule has 9 heteroatoms. The number of ketones is 1. The topological polar surface area (TPSA) is 72.7 Å². The summed E-state index contributed by atoms with van der Waals surface area (Å²) in [5.41, 5.74) is 4.43. The summed E-state index contributed by atoms with van der Waals surface area (Å²) in [5.74, 6) is 0.971. The van der Waals surface area contributed by atoms with E-state index in [1.165, 1.54) is 12.4 Å². The van der Waals surface area contributed by atoms with E-state index < -0.39 is 11.7 Å². The van der Waals surface area contributed by atoms with E-state index in [-0.39, 0.29) is 17.8 Å².